The van der Waals surface area contributed by atoms with Gasteiger partial charge in [-0.25, -0.2) is 0 Å². The van der Waals surface area contributed by atoms with E-state index in [1.165, 1.54) is 16.9 Å². The predicted octanol–water partition coefficient (Wildman–Crippen LogP) is 3.10. The number of rotatable bonds is 4. The Bertz CT molecular complexity index is 765. The topological polar surface area (TPSA) is 77.7 Å². The van der Waals surface area contributed by atoms with E-state index < -0.39 is 17.1 Å². The van der Waals surface area contributed by atoms with Gasteiger partial charge in [0.1, 0.15) is 5.92 Å². The Morgan fingerprint density at radius 3 is 2.35 bits per heavy atom. The SMILES string of the molecule is Cn1nnc(C(C(=O)c2ccc(Cl)cc2Cl)C(=O)C(C)(C)C)n1. The van der Waals surface area contributed by atoms with E-state index >= 15 is 0 Å². The summed E-state index contributed by atoms with van der Waals surface area (Å²) in [5.41, 5.74) is -0.551. The third kappa shape index (κ3) is 3.76. The minimum atomic E-state index is -1.16. The molecule has 2 rings (SSSR count). The average Bonchev–Trinajstić information content (AvgIpc) is 2.84. The van der Waals surface area contributed by atoms with E-state index in [0.717, 1.165) is 0 Å². The number of tetrazole rings is 1. The zero-order chi connectivity index (χ0) is 17.4. The normalized spacial score (nSPS) is 13.0. The Balaban J connectivity index is 2.53. The molecule has 2 aromatic rings. The highest BCUT2D eigenvalue weighted by atomic mass is 35.5. The van der Waals surface area contributed by atoms with Crippen LogP contribution in [0.5, 0.6) is 0 Å². The maximum Gasteiger partial charge on any atom is 0.193 e. The standard InChI is InChI=1S/C15H16Cl2N4O2/c1-15(2,3)13(23)11(14-18-20-21(4)19-14)12(22)9-6-5-8(16)7-10(9)17/h5-7,11H,1-4H3. The lowest BCUT2D eigenvalue weighted by Crippen LogP contribution is -2.33. The number of nitrogens with zero attached hydrogens (tertiary/aromatic N) is 4. The van der Waals surface area contributed by atoms with Crippen LogP contribution in [0.2, 0.25) is 10.0 Å². The van der Waals surface area contributed by atoms with Gasteiger partial charge in [-0.05, 0) is 23.4 Å². The average molecular weight is 355 g/mol. The zero-order valence-corrected chi connectivity index (χ0v) is 14.7. The van der Waals surface area contributed by atoms with Crippen LogP contribution in [0.15, 0.2) is 18.2 Å². The minimum absolute atomic E-state index is 0.0587. The first-order valence-corrected chi connectivity index (χ1v) is 7.64. The fraction of sp³-hybridized carbons (Fsp3) is 0.400. The van der Waals surface area contributed by atoms with Crippen molar-refractivity contribution in [1.29, 1.82) is 0 Å². The number of hydrogen-bond acceptors (Lipinski definition) is 5. The van der Waals surface area contributed by atoms with Crippen LogP contribution in [0.4, 0.5) is 0 Å². The highest BCUT2D eigenvalue weighted by Gasteiger charge is 2.39. The van der Waals surface area contributed by atoms with Crippen LogP contribution in [0, 0.1) is 5.41 Å². The molecule has 23 heavy (non-hydrogen) atoms. The molecule has 0 spiro atoms. The van der Waals surface area contributed by atoms with Crippen LogP contribution in [0.25, 0.3) is 0 Å². The molecule has 0 aliphatic heterocycles. The number of Topliss-reactive ketones (excluding diaryl/α,β-unsaturated/α-hetero) is 2. The van der Waals surface area contributed by atoms with Crippen molar-refractivity contribution in [2.24, 2.45) is 12.5 Å². The molecule has 0 aliphatic rings. The number of aromatic nitrogens is 4. The molecule has 0 bridgehead atoms. The van der Waals surface area contributed by atoms with Crippen LogP contribution in [-0.2, 0) is 11.8 Å². The summed E-state index contributed by atoms with van der Waals surface area (Å²) in [5.74, 6) is -1.88. The molecule has 1 aromatic heterocycles. The molecule has 8 heteroatoms. The largest absolute Gasteiger partial charge is 0.298 e. The smallest absolute Gasteiger partial charge is 0.193 e. The van der Waals surface area contributed by atoms with Crippen molar-refractivity contribution >= 4 is 34.8 Å². The summed E-state index contributed by atoms with van der Waals surface area (Å²) >= 11 is 12.0. The second kappa shape index (κ2) is 6.37. The summed E-state index contributed by atoms with van der Waals surface area (Å²) in [4.78, 5) is 26.9. The van der Waals surface area contributed by atoms with Crippen LogP contribution in [-0.4, -0.2) is 31.8 Å². The van der Waals surface area contributed by atoms with Crippen molar-refractivity contribution < 1.29 is 9.59 Å². The number of carbonyl (C=O) groups is 2. The molecule has 0 aliphatic carbocycles. The Kier molecular flexibility index (Phi) is 4.87. The molecule has 1 unspecified atom stereocenters. The maximum atomic E-state index is 12.9. The van der Waals surface area contributed by atoms with Gasteiger partial charge < -0.3 is 0 Å². The molecule has 0 saturated heterocycles. The molecule has 1 aromatic carbocycles. The van der Waals surface area contributed by atoms with E-state index in [1.54, 1.807) is 33.9 Å². The zero-order valence-electron chi connectivity index (χ0n) is 13.2. The number of carbonyl (C=O) groups excluding carboxylic acids is 2. The molecule has 122 valence electrons. The molecule has 1 heterocycles. The highest BCUT2D eigenvalue weighted by Crippen LogP contribution is 2.31. The molecule has 0 radical (unpaired) electrons. The van der Waals surface area contributed by atoms with Gasteiger partial charge in [0.15, 0.2) is 17.4 Å². The predicted molar refractivity (Wildman–Crippen MR) is 86.8 cm³/mol. The van der Waals surface area contributed by atoms with Crippen molar-refractivity contribution in [3.05, 3.63) is 39.6 Å². The highest BCUT2D eigenvalue weighted by molar-refractivity contribution is 6.37. The quantitative estimate of drug-likeness (QED) is 0.622. The van der Waals surface area contributed by atoms with Crippen molar-refractivity contribution in [2.75, 3.05) is 0 Å². The summed E-state index contributed by atoms with van der Waals surface area (Å²) in [6.07, 6.45) is 0. The number of halogens is 2. The molecule has 0 fully saturated rings. The lowest BCUT2D eigenvalue weighted by atomic mass is 9.79. The first kappa shape index (κ1) is 17.6. The number of ketones is 2. The maximum absolute atomic E-state index is 12.9. The minimum Gasteiger partial charge on any atom is -0.298 e. The summed E-state index contributed by atoms with van der Waals surface area (Å²) in [5, 5.41) is 12.2. The molecular weight excluding hydrogens is 339 g/mol. The number of aryl methyl sites for hydroxylation is 1. The number of benzene rings is 1. The lowest BCUT2D eigenvalue weighted by Gasteiger charge is -2.22. The fourth-order valence-electron chi connectivity index (χ4n) is 2.05. The van der Waals surface area contributed by atoms with E-state index in [4.69, 9.17) is 23.2 Å². The van der Waals surface area contributed by atoms with Gasteiger partial charge in [0.25, 0.3) is 0 Å². The molecule has 1 atom stereocenters. The van der Waals surface area contributed by atoms with Crippen molar-refractivity contribution in [3.63, 3.8) is 0 Å². The Hall–Kier alpha value is -1.79. The third-order valence-corrected chi connectivity index (χ3v) is 3.79. The monoisotopic (exact) mass is 354 g/mol. The van der Waals surface area contributed by atoms with E-state index in [2.05, 4.69) is 15.4 Å². The van der Waals surface area contributed by atoms with E-state index in [9.17, 15) is 9.59 Å². The van der Waals surface area contributed by atoms with Gasteiger partial charge in [-0.2, -0.15) is 4.80 Å². The van der Waals surface area contributed by atoms with Gasteiger partial charge in [0.2, 0.25) is 0 Å². The van der Waals surface area contributed by atoms with Crippen molar-refractivity contribution in [2.45, 2.75) is 26.7 Å². The summed E-state index contributed by atoms with van der Waals surface area (Å²) < 4.78 is 0. The molecular formula is C15H16Cl2N4O2. The van der Waals surface area contributed by atoms with Crippen LogP contribution in [0.3, 0.4) is 0 Å². The summed E-state index contributed by atoms with van der Waals surface area (Å²) in [6.45, 7) is 5.19. The first-order valence-electron chi connectivity index (χ1n) is 6.88. The fourth-order valence-corrected chi connectivity index (χ4v) is 2.55. The Labute approximate surface area is 143 Å². The van der Waals surface area contributed by atoms with Gasteiger partial charge in [-0.15, -0.1) is 10.2 Å². The van der Waals surface area contributed by atoms with E-state index in [1.807, 2.05) is 0 Å². The summed E-state index contributed by atoms with van der Waals surface area (Å²) in [7, 11) is 1.56. The molecule has 6 nitrogen and oxygen atoms in total. The third-order valence-electron chi connectivity index (χ3n) is 3.24. The Morgan fingerprint density at radius 1 is 1.22 bits per heavy atom. The van der Waals surface area contributed by atoms with Gasteiger partial charge in [-0.3, -0.25) is 9.59 Å². The van der Waals surface area contributed by atoms with Crippen molar-refractivity contribution in [1.82, 2.24) is 20.2 Å². The van der Waals surface area contributed by atoms with Gasteiger partial charge >= 0.3 is 0 Å². The van der Waals surface area contributed by atoms with Crippen LogP contribution in [0.1, 0.15) is 42.9 Å². The second-order valence-corrected chi connectivity index (χ2v) is 7.02. The molecule has 0 N–H and O–H groups in total. The van der Waals surface area contributed by atoms with Crippen LogP contribution < -0.4 is 0 Å². The van der Waals surface area contributed by atoms with Gasteiger partial charge in [0.05, 0.1) is 12.1 Å². The Morgan fingerprint density at radius 2 is 1.87 bits per heavy atom. The van der Waals surface area contributed by atoms with E-state index in [0.29, 0.717) is 5.02 Å². The van der Waals surface area contributed by atoms with E-state index in [-0.39, 0.29) is 22.2 Å². The summed E-state index contributed by atoms with van der Waals surface area (Å²) in [6, 6.07) is 4.49. The van der Waals surface area contributed by atoms with Gasteiger partial charge in [0, 0.05) is 16.0 Å². The lowest BCUT2D eigenvalue weighted by molar-refractivity contribution is -0.126. The molecule has 0 saturated carbocycles. The molecule has 0 amide bonds. The first-order chi connectivity index (χ1) is 10.6. The van der Waals surface area contributed by atoms with Crippen molar-refractivity contribution in [3.8, 4) is 0 Å². The van der Waals surface area contributed by atoms with Gasteiger partial charge in [-0.1, -0.05) is 44.0 Å². The van der Waals surface area contributed by atoms with Crippen LogP contribution >= 0.6 is 23.2 Å². The number of hydrogen-bond donors (Lipinski definition) is 0. The second-order valence-electron chi connectivity index (χ2n) is 6.17.